The van der Waals surface area contributed by atoms with Crippen molar-refractivity contribution in [1.82, 2.24) is 9.97 Å². The minimum Gasteiger partial charge on any atom is -0.370 e. The molecule has 0 atom stereocenters. The molecular weight excluding hydrogens is 326 g/mol. The molecule has 0 saturated heterocycles. The summed E-state index contributed by atoms with van der Waals surface area (Å²) in [5.74, 6) is 1.78. The Balaban J connectivity index is 2.66. The van der Waals surface area contributed by atoms with Crippen molar-refractivity contribution in [3.8, 4) is 11.3 Å². The smallest absolute Gasteiger partial charge is 0.136 e. The Labute approximate surface area is 135 Å². The van der Waals surface area contributed by atoms with Crippen LogP contribution in [-0.2, 0) is 5.41 Å². The molecule has 0 unspecified atom stereocenters. The molecule has 0 aliphatic carbocycles. The quantitative estimate of drug-likeness (QED) is 0.853. The molecule has 3 nitrogen and oxygen atoms in total. The maximum atomic E-state index is 4.83. The molecular formula is C17H22BrN3. The van der Waals surface area contributed by atoms with Gasteiger partial charge in [0.15, 0.2) is 0 Å². The van der Waals surface area contributed by atoms with E-state index in [9.17, 15) is 0 Å². The van der Waals surface area contributed by atoms with Gasteiger partial charge in [0.25, 0.3) is 0 Å². The summed E-state index contributed by atoms with van der Waals surface area (Å²) in [6.07, 6.45) is 0. The van der Waals surface area contributed by atoms with Gasteiger partial charge < -0.3 is 5.32 Å². The Bertz CT molecular complexity index is 645. The van der Waals surface area contributed by atoms with Gasteiger partial charge >= 0.3 is 0 Å². The third-order valence-corrected chi connectivity index (χ3v) is 3.75. The Morgan fingerprint density at radius 3 is 2.48 bits per heavy atom. The second-order valence-electron chi connectivity index (χ2n) is 6.16. The minimum absolute atomic E-state index is 0.0847. The molecule has 0 saturated carbocycles. The van der Waals surface area contributed by atoms with Crippen molar-refractivity contribution in [3.05, 3.63) is 40.1 Å². The van der Waals surface area contributed by atoms with Crippen LogP contribution in [-0.4, -0.2) is 16.5 Å². The summed E-state index contributed by atoms with van der Waals surface area (Å²) in [6.45, 7) is 11.4. The predicted molar refractivity (Wildman–Crippen MR) is 92.8 cm³/mol. The van der Waals surface area contributed by atoms with Crippen molar-refractivity contribution < 1.29 is 0 Å². The van der Waals surface area contributed by atoms with Crippen molar-refractivity contribution in [2.24, 2.45) is 0 Å². The molecule has 1 aromatic carbocycles. The number of nitrogens with one attached hydrogen (secondary N) is 1. The third kappa shape index (κ3) is 3.62. The van der Waals surface area contributed by atoms with Crippen molar-refractivity contribution in [2.75, 3.05) is 11.9 Å². The Morgan fingerprint density at radius 2 is 1.90 bits per heavy atom. The van der Waals surface area contributed by atoms with E-state index >= 15 is 0 Å². The van der Waals surface area contributed by atoms with E-state index in [2.05, 4.69) is 68.0 Å². The minimum atomic E-state index is -0.0847. The fourth-order valence-electron chi connectivity index (χ4n) is 2.11. The summed E-state index contributed by atoms with van der Waals surface area (Å²) in [4.78, 5) is 9.53. The second kappa shape index (κ2) is 6.14. The third-order valence-electron chi connectivity index (χ3n) is 3.26. The first kappa shape index (κ1) is 16.0. The molecule has 0 fully saturated rings. The molecule has 0 aliphatic rings. The summed E-state index contributed by atoms with van der Waals surface area (Å²) < 4.78 is 1.06. The first-order valence-electron chi connectivity index (χ1n) is 7.22. The number of halogens is 1. The molecule has 0 aliphatic heterocycles. The van der Waals surface area contributed by atoms with Gasteiger partial charge in [-0.25, -0.2) is 9.97 Å². The van der Waals surface area contributed by atoms with E-state index in [1.54, 1.807) is 0 Å². The highest BCUT2D eigenvalue weighted by molar-refractivity contribution is 9.10. The molecule has 21 heavy (non-hydrogen) atoms. The lowest BCUT2D eigenvalue weighted by molar-refractivity contribution is 0.546. The first-order chi connectivity index (χ1) is 9.82. The summed E-state index contributed by atoms with van der Waals surface area (Å²) in [6, 6.07) is 8.24. The van der Waals surface area contributed by atoms with Gasteiger partial charge in [-0.1, -0.05) is 48.8 Å². The van der Waals surface area contributed by atoms with Crippen LogP contribution in [0.25, 0.3) is 11.3 Å². The predicted octanol–water partition coefficient (Wildman–Crippen LogP) is 4.94. The van der Waals surface area contributed by atoms with Crippen LogP contribution in [0.3, 0.4) is 0 Å². The highest BCUT2D eigenvalue weighted by Gasteiger charge is 2.21. The van der Waals surface area contributed by atoms with Crippen LogP contribution in [0.1, 0.15) is 39.1 Å². The normalized spacial score (nSPS) is 11.5. The topological polar surface area (TPSA) is 37.8 Å². The highest BCUT2D eigenvalue weighted by Crippen LogP contribution is 2.30. The second-order valence-corrected chi connectivity index (χ2v) is 7.08. The van der Waals surface area contributed by atoms with Gasteiger partial charge in [-0.3, -0.25) is 0 Å². The van der Waals surface area contributed by atoms with Crippen molar-refractivity contribution in [1.29, 1.82) is 0 Å². The number of aromatic nitrogens is 2. The summed E-state index contributed by atoms with van der Waals surface area (Å²) in [7, 11) is 0. The zero-order chi connectivity index (χ0) is 15.6. The average molecular weight is 348 g/mol. The number of benzene rings is 1. The molecule has 0 amide bonds. The standard InChI is InChI=1S/C17H22BrN3/c1-6-19-15-11(2)14(12-8-7-9-13(18)10-12)20-16(21-15)17(3,4)5/h7-10H,6H2,1-5H3,(H,19,20,21). The van der Waals surface area contributed by atoms with Gasteiger partial charge in [0.1, 0.15) is 11.6 Å². The number of nitrogens with zero attached hydrogens (tertiary/aromatic N) is 2. The van der Waals surface area contributed by atoms with E-state index in [0.29, 0.717) is 0 Å². The number of anilines is 1. The molecule has 2 rings (SSSR count). The van der Waals surface area contributed by atoms with Gasteiger partial charge in [-0.05, 0) is 26.0 Å². The molecule has 1 aromatic heterocycles. The largest absolute Gasteiger partial charge is 0.370 e. The van der Waals surface area contributed by atoms with Crippen LogP contribution < -0.4 is 5.32 Å². The molecule has 112 valence electrons. The number of hydrogen-bond acceptors (Lipinski definition) is 3. The van der Waals surface area contributed by atoms with Crippen LogP contribution in [0.5, 0.6) is 0 Å². The van der Waals surface area contributed by atoms with Crippen LogP contribution in [0.2, 0.25) is 0 Å². The average Bonchev–Trinajstić information content (AvgIpc) is 2.40. The van der Waals surface area contributed by atoms with Crippen molar-refractivity contribution in [3.63, 3.8) is 0 Å². The zero-order valence-corrected chi connectivity index (χ0v) is 14.9. The number of rotatable bonds is 3. The van der Waals surface area contributed by atoms with Gasteiger partial charge in [0.2, 0.25) is 0 Å². The molecule has 4 heteroatoms. The van der Waals surface area contributed by atoms with E-state index in [4.69, 9.17) is 9.97 Å². The Morgan fingerprint density at radius 1 is 1.19 bits per heavy atom. The first-order valence-corrected chi connectivity index (χ1v) is 8.01. The summed E-state index contributed by atoms with van der Waals surface area (Å²) >= 11 is 3.53. The fourth-order valence-corrected chi connectivity index (χ4v) is 2.51. The zero-order valence-electron chi connectivity index (χ0n) is 13.3. The fraction of sp³-hybridized carbons (Fsp3) is 0.412. The van der Waals surface area contributed by atoms with E-state index < -0.39 is 0 Å². The van der Waals surface area contributed by atoms with E-state index in [1.807, 2.05) is 12.1 Å². The van der Waals surface area contributed by atoms with E-state index in [0.717, 1.165) is 39.5 Å². The van der Waals surface area contributed by atoms with Crippen LogP contribution in [0.15, 0.2) is 28.7 Å². The summed E-state index contributed by atoms with van der Waals surface area (Å²) in [5, 5.41) is 3.35. The SMILES string of the molecule is CCNc1nc(C(C)(C)C)nc(-c2cccc(Br)c2)c1C. The highest BCUT2D eigenvalue weighted by atomic mass is 79.9. The van der Waals surface area contributed by atoms with Gasteiger partial charge in [0.05, 0.1) is 5.69 Å². The maximum absolute atomic E-state index is 4.83. The molecule has 2 aromatic rings. The number of hydrogen-bond donors (Lipinski definition) is 1. The van der Waals surface area contributed by atoms with Crippen LogP contribution in [0.4, 0.5) is 5.82 Å². The van der Waals surface area contributed by atoms with Gasteiger partial charge in [-0.15, -0.1) is 0 Å². The van der Waals surface area contributed by atoms with E-state index in [-0.39, 0.29) is 5.41 Å². The maximum Gasteiger partial charge on any atom is 0.136 e. The monoisotopic (exact) mass is 347 g/mol. The van der Waals surface area contributed by atoms with Crippen molar-refractivity contribution >= 4 is 21.7 Å². The molecule has 1 heterocycles. The van der Waals surface area contributed by atoms with Gasteiger partial charge in [-0.2, -0.15) is 0 Å². The molecule has 0 radical (unpaired) electrons. The van der Waals surface area contributed by atoms with Crippen molar-refractivity contribution in [2.45, 2.75) is 40.0 Å². The lowest BCUT2D eigenvalue weighted by Crippen LogP contribution is -2.19. The lowest BCUT2D eigenvalue weighted by atomic mass is 9.95. The summed E-state index contributed by atoms with van der Waals surface area (Å²) in [5.41, 5.74) is 3.10. The molecule has 1 N–H and O–H groups in total. The Hall–Kier alpha value is -1.42. The lowest BCUT2D eigenvalue weighted by Gasteiger charge is -2.21. The van der Waals surface area contributed by atoms with Crippen LogP contribution >= 0.6 is 15.9 Å². The van der Waals surface area contributed by atoms with E-state index in [1.165, 1.54) is 0 Å². The molecule has 0 bridgehead atoms. The Kier molecular flexibility index (Phi) is 4.67. The van der Waals surface area contributed by atoms with Gasteiger partial charge in [0, 0.05) is 27.6 Å². The molecule has 0 spiro atoms. The van der Waals surface area contributed by atoms with Crippen LogP contribution in [0, 0.1) is 6.92 Å².